The molecule has 1 amide bonds. The molecule has 2 aromatic carbocycles. The highest BCUT2D eigenvalue weighted by Gasteiger charge is 2.20. The van der Waals surface area contributed by atoms with Crippen LogP contribution in [0.1, 0.15) is 13.3 Å². The first-order valence-electron chi connectivity index (χ1n) is 7.52. The number of rotatable bonds is 7. The number of hydrogen-bond donors (Lipinski definition) is 1. The van der Waals surface area contributed by atoms with Gasteiger partial charge < -0.3 is 19.5 Å². The van der Waals surface area contributed by atoms with Gasteiger partial charge in [0.05, 0.1) is 19.9 Å². The lowest BCUT2D eigenvalue weighted by atomic mass is 10.2. The van der Waals surface area contributed by atoms with Gasteiger partial charge in [0.25, 0.3) is 5.91 Å². The van der Waals surface area contributed by atoms with Gasteiger partial charge in [0.1, 0.15) is 17.2 Å². The number of nitrogens with one attached hydrogen (secondary N) is 1. The van der Waals surface area contributed by atoms with Gasteiger partial charge in [-0.25, -0.2) is 0 Å². The molecule has 0 aliphatic heterocycles. The Morgan fingerprint density at radius 1 is 1.12 bits per heavy atom. The molecule has 0 saturated carbocycles. The maximum Gasteiger partial charge on any atom is 0.265 e. The average molecular weight is 350 g/mol. The number of methoxy groups -OCH3 is 2. The standard InChI is InChI=1S/C18H20ClNO4/c1-4-16(24-14-7-5-6-12(19)10-14)18(21)20-15-9-8-13(22-2)11-17(15)23-3/h5-11,16H,4H2,1-3H3,(H,20,21)/t16-/m0/s1. The lowest BCUT2D eigenvalue weighted by molar-refractivity contribution is -0.122. The minimum absolute atomic E-state index is 0.263. The third kappa shape index (κ3) is 4.55. The number of amides is 1. The van der Waals surface area contributed by atoms with Crippen LogP contribution >= 0.6 is 11.6 Å². The smallest absolute Gasteiger partial charge is 0.265 e. The van der Waals surface area contributed by atoms with E-state index in [0.29, 0.717) is 34.4 Å². The first kappa shape index (κ1) is 17.9. The highest BCUT2D eigenvalue weighted by molar-refractivity contribution is 6.30. The van der Waals surface area contributed by atoms with E-state index < -0.39 is 6.10 Å². The Balaban J connectivity index is 2.12. The predicted octanol–water partition coefficient (Wildman–Crippen LogP) is 4.15. The summed E-state index contributed by atoms with van der Waals surface area (Å²) in [5, 5.41) is 3.38. The molecule has 0 saturated heterocycles. The fourth-order valence-corrected chi connectivity index (χ4v) is 2.32. The fourth-order valence-electron chi connectivity index (χ4n) is 2.14. The van der Waals surface area contributed by atoms with Crippen LogP contribution in [-0.4, -0.2) is 26.2 Å². The van der Waals surface area contributed by atoms with Crippen molar-refractivity contribution in [3.05, 3.63) is 47.5 Å². The van der Waals surface area contributed by atoms with Crippen molar-refractivity contribution in [1.29, 1.82) is 0 Å². The third-order valence-corrected chi connectivity index (χ3v) is 3.64. The van der Waals surface area contributed by atoms with Crippen molar-refractivity contribution in [1.82, 2.24) is 0 Å². The molecule has 0 spiro atoms. The van der Waals surface area contributed by atoms with Gasteiger partial charge >= 0.3 is 0 Å². The van der Waals surface area contributed by atoms with Crippen LogP contribution in [-0.2, 0) is 4.79 Å². The molecule has 0 fully saturated rings. The largest absolute Gasteiger partial charge is 0.497 e. The van der Waals surface area contributed by atoms with E-state index in [9.17, 15) is 4.79 Å². The first-order valence-corrected chi connectivity index (χ1v) is 7.90. The van der Waals surface area contributed by atoms with Crippen LogP contribution in [0, 0.1) is 0 Å². The maximum absolute atomic E-state index is 12.5. The van der Waals surface area contributed by atoms with E-state index in [2.05, 4.69) is 5.32 Å². The van der Waals surface area contributed by atoms with Gasteiger partial charge in [0, 0.05) is 11.1 Å². The van der Waals surface area contributed by atoms with Crippen molar-refractivity contribution in [2.45, 2.75) is 19.4 Å². The summed E-state index contributed by atoms with van der Waals surface area (Å²) in [4.78, 5) is 12.5. The summed E-state index contributed by atoms with van der Waals surface area (Å²) in [6, 6.07) is 12.1. The lowest BCUT2D eigenvalue weighted by Gasteiger charge is -2.18. The summed E-state index contributed by atoms with van der Waals surface area (Å²) in [6.45, 7) is 1.88. The average Bonchev–Trinajstić information content (AvgIpc) is 2.59. The van der Waals surface area contributed by atoms with E-state index in [-0.39, 0.29) is 5.91 Å². The Labute approximate surface area is 146 Å². The number of carbonyl (C=O) groups excluding carboxylic acids is 1. The van der Waals surface area contributed by atoms with E-state index in [1.165, 1.54) is 7.11 Å². The molecule has 24 heavy (non-hydrogen) atoms. The fraction of sp³-hybridized carbons (Fsp3) is 0.278. The van der Waals surface area contributed by atoms with E-state index in [1.54, 1.807) is 49.6 Å². The van der Waals surface area contributed by atoms with Crippen LogP contribution in [0.4, 0.5) is 5.69 Å². The van der Waals surface area contributed by atoms with Crippen LogP contribution in [0.15, 0.2) is 42.5 Å². The zero-order valence-corrected chi connectivity index (χ0v) is 14.6. The number of carbonyl (C=O) groups is 1. The number of halogens is 1. The topological polar surface area (TPSA) is 56.8 Å². The molecule has 0 aromatic heterocycles. The zero-order chi connectivity index (χ0) is 17.5. The second-order valence-corrected chi connectivity index (χ2v) is 5.46. The molecule has 0 bridgehead atoms. The van der Waals surface area contributed by atoms with Crippen molar-refractivity contribution in [3.63, 3.8) is 0 Å². The maximum atomic E-state index is 12.5. The summed E-state index contributed by atoms with van der Waals surface area (Å²) in [7, 11) is 3.10. The van der Waals surface area contributed by atoms with Crippen LogP contribution < -0.4 is 19.5 Å². The second-order valence-electron chi connectivity index (χ2n) is 5.03. The number of ether oxygens (including phenoxy) is 3. The molecular formula is C18H20ClNO4. The number of benzene rings is 2. The minimum Gasteiger partial charge on any atom is -0.497 e. The summed E-state index contributed by atoms with van der Waals surface area (Å²) in [5.41, 5.74) is 0.552. The molecule has 0 aliphatic rings. The summed E-state index contributed by atoms with van der Waals surface area (Å²) in [5.74, 6) is 1.44. The summed E-state index contributed by atoms with van der Waals surface area (Å²) in [6.07, 6.45) is -0.133. The summed E-state index contributed by atoms with van der Waals surface area (Å²) >= 11 is 5.94. The van der Waals surface area contributed by atoms with Crippen molar-refractivity contribution in [3.8, 4) is 17.2 Å². The van der Waals surface area contributed by atoms with Crippen LogP contribution in [0.25, 0.3) is 0 Å². The third-order valence-electron chi connectivity index (χ3n) is 3.40. The van der Waals surface area contributed by atoms with Gasteiger partial charge in [-0.2, -0.15) is 0 Å². The molecule has 0 unspecified atom stereocenters. The molecule has 0 heterocycles. The molecule has 2 aromatic rings. The SMILES string of the molecule is CC[C@H](Oc1cccc(Cl)c1)C(=O)Nc1ccc(OC)cc1OC. The molecule has 6 heteroatoms. The Hall–Kier alpha value is -2.40. The molecule has 0 radical (unpaired) electrons. The van der Waals surface area contributed by atoms with Gasteiger partial charge in [0.15, 0.2) is 6.10 Å². The van der Waals surface area contributed by atoms with Crippen molar-refractivity contribution in [2.75, 3.05) is 19.5 Å². The molecular weight excluding hydrogens is 330 g/mol. The molecule has 5 nitrogen and oxygen atoms in total. The van der Waals surface area contributed by atoms with E-state index in [0.717, 1.165) is 0 Å². The van der Waals surface area contributed by atoms with Crippen molar-refractivity contribution < 1.29 is 19.0 Å². The first-order chi connectivity index (χ1) is 11.6. The van der Waals surface area contributed by atoms with Crippen LogP contribution in [0.2, 0.25) is 5.02 Å². The quantitative estimate of drug-likeness (QED) is 0.815. The minimum atomic E-state index is -0.643. The molecule has 1 N–H and O–H groups in total. The van der Waals surface area contributed by atoms with Crippen molar-refractivity contribution in [2.24, 2.45) is 0 Å². The van der Waals surface area contributed by atoms with Crippen LogP contribution in [0.5, 0.6) is 17.2 Å². The monoisotopic (exact) mass is 349 g/mol. The van der Waals surface area contributed by atoms with Crippen LogP contribution in [0.3, 0.4) is 0 Å². The second kappa shape index (κ2) is 8.45. The normalized spacial score (nSPS) is 11.5. The highest BCUT2D eigenvalue weighted by Crippen LogP contribution is 2.29. The molecule has 2 rings (SSSR count). The van der Waals surface area contributed by atoms with Gasteiger partial charge in [-0.05, 0) is 36.8 Å². The van der Waals surface area contributed by atoms with Crippen molar-refractivity contribution >= 4 is 23.2 Å². The predicted molar refractivity (Wildman–Crippen MR) is 94.3 cm³/mol. The van der Waals surface area contributed by atoms with Gasteiger partial charge in [-0.15, -0.1) is 0 Å². The Bertz CT molecular complexity index is 705. The number of hydrogen-bond acceptors (Lipinski definition) is 4. The molecule has 1 atom stereocenters. The van der Waals surface area contributed by atoms with E-state index in [1.807, 2.05) is 6.92 Å². The van der Waals surface area contributed by atoms with E-state index >= 15 is 0 Å². The Kier molecular flexibility index (Phi) is 6.32. The van der Waals surface area contributed by atoms with Gasteiger partial charge in [-0.1, -0.05) is 24.6 Å². The van der Waals surface area contributed by atoms with Gasteiger partial charge in [-0.3, -0.25) is 4.79 Å². The molecule has 128 valence electrons. The number of anilines is 1. The lowest BCUT2D eigenvalue weighted by Crippen LogP contribution is -2.32. The highest BCUT2D eigenvalue weighted by atomic mass is 35.5. The Morgan fingerprint density at radius 3 is 2.54 bits per heavy atom. The van der Waals surface area contributed by atoms with E-state index in [4.69, 9.17) is 25.8 Å². The summed E-state index contributed by atoms with van der Waals surface area (Å²) < 4.78 is 16.2. The van der Waals surface area contributed by atoms with Gasteiger partial charge in [0.2, 0.25) is 0 Å². The molecule has 0 aliphatic carbocycles. The Morgan fingerprint density at radius 2 is 1.92 bits per heavy atom. The zero-order valence-electron chi connectivity index (χ0n) is 13.8.